The smallest absolute Gasteiger partial charge is 0.248 e. The molecule has 5 heteroatoms. The standard InChI is InChI=1S/C17H18N2O2S/c20-17(6-1-14-7-12-22-13-14)18-15-2-4-16(5-3-15)19-8-10-21-11-9-19/h1-7,12-13H,8-11H2,(H,18,20). The molecule has 4 nitrogen and oxygen atoms in total. The zero-order chi connectivity index (χ0) is 15.2. The molecule has 1 saturated heterocycles. The number of amides is 1. The highest BCUT2D eigenvalue weighted by atomic mass is 32.1. The Morgan fingerprint density at radius 1 is 1.18 bits per heavy atom. The van der Waals surface area contributed by atoms with Crippen LogP contribution in [0.5, 0.6) is 0 Å². The Kier molecular flexibility index (Phi) is 4.88. The largest absolute Gasteiger partial charge is 0.378 e. The Morgan fingerprint density at radius 3 is 2.64 bits per heavy atom. The Morgan fingerprint density at radius 2 is 1.95 bits per heavy atom. The molecule has 1 fully saturated rings. The van der Waals surface area contributed by atoms with E-state index >= 15 is 0 Å². The molecule has 22 heavy (non-hydrogen) atoms. The van der Waals surface area contributed by atoms with Gasteiger partial charge in [-0.05, 0) is 52.7 Å². The highest BCUT2D eigenvalue weighted by Crippen LogP contribution is 2.19. The number of morpholine rings is 1. The van der Waals surface area contributed by atoms with E-state index in [1.165, 1.54) is 0 Å². The number of rotatable bonds is 4. The first-order valence-corrected chi connectivity index (χ1v) is 8.19. The van der Waals surface area contributed by atoms with Gasteiger partial charge in [0.1, 0.15) is 0 Å². The van der Waals surface area contributed by atoms with Crippen LogP contribution in [0.15, 0.2) is 47.2 Å². The molecule has 1 aromatic heterocycles. The average Bonchev–Trinajstić information content (AvgIpc) is 3.08. The van der Waals surface area contributed by atoms with E-state index in [2.05, 4.69) is 10.2 Å². The van der Waals surface area contributed by atoms with Gasteiger partial charge in [0, 0.05) is 30.5 Å². The topological polar surface area (TPSA) is 41.6 Å². The number of hydrogen-bond acceptors (Lipinski definition) is 4. The maximum atomic E-state index is 11.9. The predicted molar refractivity (Wildman–Crippen MR) is 91.5 cm³/mol. The first-order chi connectivity index (χ1) is 10.8. The monoisotopic (exact) mass is 314 g/mol. The van der Waals surface area contributed by atoms with Gasteiger partial charge in [0.2, 0.25) is 5.91 Å². The molecule has 0 atom stereocenters. The fraction of sp³-hybridized carbons (Fsp3) is 0.235. The molecule has 1 aliphatic rings. The molecule has 1 N–H and O–H groups in total. The Bertz CT molecular complexity index is 629. The lowest BCUT2D eigenvalue weighted by molar-refractivity contribution is -0.111. The molecule has 3 rings (SSSR count). The molecule has 0 unspecified atom stereocenters. The molecule has 2 aromatic rings. The molecule has 0 radical (unpaired) electrons. The van der Waals surface area contributed by atoms with Crippen molar-refractivity contribution in [1.29, 1.82) is 0 Å². The van der Waals surface area contributed by atoms with Gasteiger partial charge in [-0.15, -0.1) is 0 Å². The normalized spacial score (nSPS) is 15.2. The van der Waals surface area contributed by atoms with Crippen LogP contribution in [0.3, 0.4) is 0 Å². The van der Waals surface area contributed by atoms with Crippen LogP contribution in [-0.2, 0) is 9.53 Å². The third-order valence-corrected chi connectivity index (χ3v) is 4.18. The van der Waals surface area contributed by atoms with Gasteiger partial charge in [0.05, 0.1) is 13.2 Å². The highest BCUT2D eigenvalue weighted by Gasteiger charge is 2.10. The van der Waals surface area contributed by atoms with Gasteiger partial charge in [0.15, 0.2) is 0 Å². The number of ether oxygens (including phenoxy) is 1. The van der Waals surface area contributed by atoms with E-state index < -0.39 is 0 Å². The van der Waals surface area contributed by atoms with Crippen molar-refractivity contribution in [3.05, 3.63) is 52.7 Å². The van der Waals surface area contributed by atoms with E-state index in [1.807, 2.05) is 47.2 Å². The zero-order valence-corrected chi connectivity index (χ0v) is 13.0. The van der Waals surface area contributed by atoms with E-state index in [0.717, 1.165) is 43.2 Å². The molecular formula is C17H18N2O2S. The number of benzene rings is 1. The molecule has 2 heterocycles. The lowest BCUT2D eigenvalue weighted by atomic mass is 10.2. The quantitative estimate of drug-likeness (QED) is 0.881. The summed E-state index contributed by atoms with van der Waals surface area (Å²) in [6.45, 7) is 3.36. The van der Waals surface area contributed by atoms with Crippen LogP contribution in [0.1, 0.15) is 5.56 Å². The number of carbonyl (C=O) groups excluding carboxylic acids is 1. The van der Waals surface area contributed by atoms with Crippen LogP contribution < -0.4 is 10.2 Å². The fourth-order valence-electron chi connectivity index (χ4n) is 2.30. The van der Waals surface area contributed by atoms with E-state index in [1.54, 1.807) is 17.4 Å². The van der Waals surface area contributed by atoms with Crippen molar-refractivity contribution in [3.63, 3.8) is 0 Å². The second-order valence-corrected chi connectivity index (χ2v) is 5.81. The molecule has 0 spiro atoms. The second kappa shape index (κ2) is 7.24. The van der Waals surface area contributed by atoms with Crippen LogP contribution in [0.4, 0.5) is 11.4 Å². The summed E-state index contributed by atoms with van der Waals surface area (Å²) in [5, 5.41) is 6.86. The predicted octanol–water partition coefficient (Wildman–Crippen LogP) is 3.24. The van der Waals surface area contributed by atoms with Crippen LogP contribution >= 0.6 is 11.3 Å². The van der Waals surface area contributed by atoms with Crippen LogP contribution in [0.25, 0.3) is 6.08 Å². The summed E-state index contributed by atoms with van der Waals surface area (Å²) < 4.78 is 5.35. The molecule has 1 aromatic carbocycles. The van der Waals surface area contributed by atoms with Gasteiger partial charge in [0.25, 0.3) is 0 Å². The van der Waals surface area contributed by atoms with Gasteiger partial charge in [-0.2, -0.15) is 11.3 Å². The van der Waals surface area contributed by atoms with Crippen molar-refractivity contribution in [2.45, 2.75) is 0 Å². The van der Waals surface area contributed by atoms with Gasteiger partial charge in [-0.25, -0.2) is 0 Å². The zero-order valence-electron chi connectivity index (χ0n) is 12.2. The van der Waals surface area contributed by atoms with Gasteiger partial charge < -0.3 is 15.0 Å². The highest BCUT2D eigenvalue weighted by molar-refractivity contribution is 7.08. The maximum Gasteiger partial charge on any atom is 0.248 e. The summed E-state index contributed by atoms with van der Waals surface area (Å²) in [5.41, 5.74) is 3.01. The molecule has 114 valence electrons. The second-order valence-electron chi connectivity index (χ2n) is 5.03. The van der Waals surface area contributed by atoms with Gasteiger partial charge >= 0.3 is 0 Å². The summed E-state index contributed by atoms with van der Waals surface area (Å²) in [7, 11) is 0. The first kappa shape index (κ1) is 14.8. The minimum atomic E-state index is -0.120. The molecule has 1 aliphatic heterocycles. The van der Waals surface area contributed by atoms with Crippen LogP contribution in [-0.4, -0.2) is 32.2 Å². The SMILES string of the molecule is O=C(C=Cc1ccsc1)Nc1ccc(N2CCOCC2)cc1. The molecule has 0 saturated carbocycles. The minimum Gasteiger partial charge on any atom is -0.378 e. The molecular weight excluding hydrogens is 296 g/mol. The maximum absolute atomic E-state index is 11.9. The van der Waals surface area contributed by atoms with Crippen molar-refractivity contribution < 1.29 is 9.53 Å². The lowest BCUT2D eigenvalue weighted by Gasteiger charge is -2.28. The number of nitrogens with zero attached hydrogens (tertiary/aromatic N) is 1. The number of carbonyl (C=O) groups is 1. The Balaban J connectivity index is 1.57. The van der Waals surface area contributed by atoms with E-state index in [4.69, 9.17) is 4.74 Å². The third-order valence-electron chi connectivity index (χ3n) is 3.48. The van der Waals surface area contributed by atoms with E-state index in [9.17, 15) is 4.79 Å². The average molecular weight is 314 g/mol. The number of thiophene rings is 1. The fourth-order valence-corrected chi connectivity index (χ4v) is 2.93. The van der Waals surface area contributed by atoms with Crippen molar-refractivity contribution in [2.24, 2.45) is 0 Å². The van der Waals surface area contributed by atoms with Crippen LogP contribution in [0, 0.1) is 0 Å². The van der Waals surface area contributed by atoms with Gasteiger partial charge in [-0.1, -0.05) is 0 Å². The van der Waals surface area contributed by atoms with Crippen LogP contribution in [0.2, 0.25) is 0 Å². The van der Waals surface area contributed by atoms with Gasteiger partial charge in [-0.3, -0.25) is 4.79 Å². The molecule has 0 aliphatic carbocycles. The number of hydrogen-bond donors (Lipinski definition) is 1. The summed E-state index contributed by atoms with van der Waals surface area (Å²) in [6.07, 6.45) is 3.37. The first-order valence-electron chi connectivity index (χ1n) is 7.25. The summed E-state index contributed by atoms with van der Waals surface area (Å²) in [4.78, 5) is 14.2. The number of anilines is 2. The summed E-state index contributed by atoms with van der Waals surface area (Å²) in [6, 6.07) is 9.90. The van der Waals surface area contributed by atoms with Crippen molar-refractivity contribution in [1.82, 2.24) is 0 Å². The van der Waals surface area contributed by atoms with E-state index in [0.29, 0.717) is 0 Å². The number of nitrogens with one attached hydrogen (secondary N) is 1. The lowest BCUT2D eigenvalue weighted by Crippen LogP contribution is -2.36. The Hall–Kier alpha value is -2.11. The summed E-state index contributed by atoms with van der Waals surface area (Å²) in [5.74, 6) is -0.120. The molecule has 1 amide bonds. The summed E-state index contributed by atoms with van der Waals surface area (Å²) >= 11 is 1.61. The van der Waals surface area contributed by atoms with Crippen molar-refractivity contribution in [3.8, 4) is 0 Å². The Labute approximate surface area is 134 Å². The minimum absolute atomic E-state index is 0.120. The van der Waals surface area contributed by atoms with Crippen molar-refractivity contribution >= 4 is 34.7 Å². The van der Waals surface area contributed by atoms with Crippen molar-refractivity contribution in [2.75, 3.05) is 36.5 Å². The third kappa shape index (κ3) is 3.96. The molecule has 0 bridgehead atoms. The van der Waals surface area contributed by atoms with E-state index in [-0.39, 0.29) is 5.91 Å².